The van der Waals surface area contributed by atoms with E-state index in [1.807, 2.05) is 18.2 Å². The standard InChI is InChI=1S/C19H16Cl2N2O2/c1-3-12-4-6-15(7-5-12)23-19(24)14(11-22)8-13-9-16(20)18(25-2)17(21)10-13/h4-10H,3H2,1-2H3,(H,23,24)/b14-8+. The molecule has 0 bridgehead atoms. The Morgan fingerprint density at radius 2 is 1.84 bits per heavy atom. The van der Waals surface area contributed by atoms with E-state index in [0.717, 1.165) is 12.0 Å². The Labute approximate surface area is 156 Å². The van der Waals surface area contributed by atoms with Gasteiger partial charge in [0.25, 0.3) is 5.91 Å². The number of carbonyl (C=O) groups excluding carboxylic acids is 1. The van der Waals surface area contributed by atoms with Crippen molar-refractivity contribution in [1.82, 2.24) is 0 Å². The number of anilines is 1. The molecule has 2 rings (SSSR count). The molecule has 6 heteroatoms. The van der Waals surface area contributed by atoms with Gasteiger partial charge in [0.1, 0.15) is 11.6 Å². The van der Waals surface area contributed by atoms with Crippen molar-refractivity contribution in [1.29, 1.82) is 5.26 Å². The van der Waals surface area contributed by atoms with Crippen LogP contribution >= 0.6 is 23.2 Å². The SMILES string of the molecule is CCc1ccc(NC(=O)/C(C#N)=C/c2cc(Cl)c(OC)c(Cl)c2)cc1. The topological polar surface area (TPSA) is 62.1 Å². The van der Waals surface area contributed by atoms with E-state index in [0.29, 0.717) is 27.0 Å². The van der Waals surface area contributed by atoms with E-state index < -0.39 is 5.91 Å². The van der Waals surface area contributed by atoms with E-state index in [1.165, 1.54) is 13.2 Å². The van der Waals surface area contributed by atoms with E-state index >= 15 is 0 Å². The van der Waals surface area contributed by atoms with Crippen molar-refractivity contribution in [2.45, 2.75) is 13.3 Å². The molecule has 25 heavy (non-hydrogen) atoms. The molecule has 0 saturated carbocycles. The van der Waals surface area contributed by atoms with Gasteiger partial charge in [-0.15, -0.1) is 0 Å². The summed E-state index contributed by atoms with van der Waals surface area (Å²) in [7, 11) is 1.46. The second-order valence-electron chi connectivity index (χ2n) is 5.19. The number of ether oxygens (including phenoxy) is 1. The van der Waals surface area contributed by atoms with Crippen LogP contribution in [0.5, 0.6) is 5.75 Å². The Balaban J connectivity index is 2.24. The van der Waals surface area contributed by atoms with Crippen molar-refractivity contribution in [3.05, 3.63) is 63.1 Å². The minimum Gasteiger partial charge on any atom is -0.494 e. The number of benzene rings is 2. The van der Waals surface area contributed by atoms with Crippen molar-refractivity contribution in [2.24, 2.45) is 0 Å². The van der Waals surface area contributed by atoms with Gasteiger partial charge in [-0.25, -0.2) is 0 Å². The van der Waals surface area contributed by atoms with Gasteiger partial charge in [0.05, 0.1) is 17.2 Å². The first-order valence-electron chi connectivity index (χ1n) is 7.53. The maximum atomic E-state index is 12.3. The summed E-state index contributed by atoms with van der Waals surface area (Å²) in [5.41, 5.74) is 2.26. The van der Waals surface area contributed by atoms with E-state index in [4.69, 9.17) is 27.9 Å². The highest BCUT2D eigenvalue weighted by Gasteiger charge is 2.12. The lowest BCUT2D eigenvalue weighted by Crippen LogP contribution is -2.13. The second kappa shape index (κ2) is 8.57. The first kappa shape index (κ1) is 18.9. The fourth-order valence-electron chi connectivity index (χ4n) is 2.20. The van der Waals surface area contributed by atoms with Crippen LogP contribution < -0.4 is 10.1 Å². The fraction of sp³-hybridized carbons (Fsp3) is 0.158. The van der Waals surface area contributed by atoms with Gasteiger partial charge in [-0.05, 0) is 47.9 Å². The maximum Gasteiger partial charge on any atom is 0.266 e. The molecule has 2 aromatic rings. The van der Waals surface area contributed by atoms with Crippen LogP contribution in [0.3, 0.4) is 0 Å². The Hall–Kier alpha value is -2.48. The number of rotatable bonds is 5. The average molecular weight is 375 g/mol. The maximum absolute atomic E-state index is 12.3. The molecule has 0 unspecified atom stereocenters. The predicted octanol–water partition coefficient (Wildman–Crippen LogP) is 5.11. The third-order valence-electron chi connectivity index (χ3n) is 3.52. The molecule has 0 aliphatic rings. The molecule has 0 aromatic heterocycles. The van der Waals surface area contributed by atoms with Crippen LogP contribution in [0.1, 0.15) is 18.1 Å². The molecule has 1 amide bonds. The summed E-state index contributed by atoms with van der Waals surface area (Å²) in [6.07, 6.45) is 2.34. The van der Waals surface area contributed by atoms with Gasteiger partial charge in [-0.3, -0.25) is 4.79 Å². The van der Waals surface area contributed by atoms with Crippen LogP contribution in [0.15, 0.2) is 42.0 Å². The summed E-state index contributed by atoms with van der Waals surface area (Å²) in [5.74, 6) is -0.158. The summed E-state index contributed by atoms with van der Waals surface area (Å²) < 4.78 is 5.08. The molecule has 4 nitrogen and oxygen atoms in total. The van der Waals surface area contributed by atoms with Crippen LogP contribution in [0.2, 0.25) is 10.0 Å². The quantitative estimate of drug-likeness (QED) is 0.584. The van der Waals surface area contributed by atoms with Crippen LogP contribution in [-0.2, 0) is 11.2 Å². The highest BCUT2D eigenvalue weighted by molar-refractivity contribution is 6.37. The highest BCUT2D eigenvalue weighted by Crippen LogP contribution is 2.34. The summed E-state index contributed by atoms with van der Waals surface area (Å²) in [6.45, 7) is 2.05. The molecular weight excluding hydrogens is 359 g/mol. The van der Waals surface area contributed by atoms with Crippen LogP contribution in [0.4, 0.5) is 5.69 Å². The van der Waals surface area contributed by atoms with Crippen molar-refractivity contribution in [3.8, 4) is 11.8 Å². The van der Waals surface area contributed by atoms with Gasteiger partial charge in [-0.2, -0.15) is 5.26 Å². The molecule has 0 fully saturated rings. The van der Waals surface area contributed by atoms with E-state index in [1.54, 1.807) is 24.3 Å². The smallest absolute Gasteiger partial charge is 0.266 e. The molecule has 0 saturated heterocycles. The minimum absolute atomic E-state index is 0.0585. The number of carbonyl (C=O) groups is 1. The van der Waals surface area contributed by atoms with Crippen molar-refractivity contribution in [2.75, 3.05) is 12.4 Å². The summed E-state index contributed by atoms with van der Waals surface area (Å²) >= 11 is 12.2. The molecule has 0 heterocycles. The lowest BCUT2D eigenvalue weighted by Gasteiger charge is -2.08. The Morgan fingerprint density at radius 1 is 1.24 bits per heavy atom. The Kier molecular flexibility index (Phi) is 6.46. The monoisotopic (exact) mass is 374 g/mol. The molecule has 0 spiro atoms. The third-order valence-corrected chi connectivity index (χ3v) is 4.08. The lowest BCUT2D eigenvalue weighted by molar-refractivity contribution is -0.112. The number of hydrogen-bond donors (Lipinski definition) is 1. The molecular formula is C19H16Cl2N2O2. The molecule has 128 valence electrons. The van der Waals surface area contributed by atoms with Gasteiger partial charge < -0.3 is 10.1 Å². The fourth-order valence-corrected chi connectivity index (χ4v) is 2.85. The number of hydrogen-bond acceptors (Lipinski definition) is 3. The molecule has 0 radical (unpaired) electrons. The van der Waals surface area contributed by atoms with E-state index in [-0.39, 0.29) is 5.57 Å². The summed E-state index contributed by atoms with van der Waals surface area (Å²) in [6, 6.07) is 12.5. The lowest BCUT2D eigenvalue weighted by atomic mass is 10.1. The number of methoxy groups -OCH3 is 1. The van der Waals surface area contributed by atoms with Gasteiger partial charge in [0.15, 0.2) is 5.75 Å². The summed E-state index contributed by atoms with van der Waals surface area (Å²) in [5, 5.41) is 12.6. The van der Waals surface area contributed by atoms with Crippen molar-refractivity contribution in [3.63, 3.8) is 0 Å². The van der Waals surface area contributed by atoms with Crippen molar-refractivity contribution < 1.29 is 9.53 Å². The molecule has 0 atom stereocenters. The van der Waals surface area contributed by atoms with Crippen LogP contribution in [-0.4, -0.2) is 13.0 Å². The van der Waals surface area contributed by atoms with Gasteiger partial charge >= 0.3 is 0 Å². The zero-order chi connectivity index (χ0) is 18.4. The minimum atomic E-state index is -0.505. The Bertz CT molecular complexity index is 830. The van der Waals surface area contributed by atoms with Crippen LogP contribution in [0, 0.1) is 11.3 Å². The number of amides is 1. The third kappa shape index (κ3) is 4.76. The zero-order valence-electron chi connectivity index (χ0n) is 13.8. The first-order chi connectivity index (χ1) is 12.0. The number of nitrogens with one attached hydrogen (secondary N) is 1. The molecule has 2 aromatic carbocycles. The summed E-state index contributed by atoms with van der Waals surface area (Å²) in [4.78, 5) is 12.3. The zero-order valence-corrected chi connectivity index (χ0v) is 15.3. The molecule has 0 aliphatic carbocycles. The number of nitriles is 1. The number of nitrogens with zero attached hydrogens (tertiary/aromatic N) is 1. The Morgan fingerprint density at radius 3 is 2.32 bits per heavy atom. The highest BCUT2D eigenvalue weighted by atomic mass is 35.5. The number of aryl methyl sites for hydroxylation is 1. The van der Waals surface area contributed by atoms with Gasteiger partial charge in [0, 0.05) is 5.69 Å². The van der Waals surface area contributed by atoms with Gasteiger partial charge in [0.2, 0.25) is 0 Å². The molecule has 1 N–H and O–H groups in total. The normalized spacial score (nSPS) is 10.9. The molecule has 0 aliphatic heterocycles. The van der Waals surface area contributed by atoms with E-state index in [2.05, 4.69) is 12.2 Å². The average Bonchev–Trinajstić information content (AvgIpc) is 2.60. The van der Waals surface area contributed by atoms with Gasteiger partial charge in [-0.1, -0.05) is 42.3 Å². The predicted molar refractivity (Wildman–Crippen MR) is 101 cm³/mol. The number of halogens is 2. The first-order valence-corrected chi connectivity index (χ1v) is 8.29. The van der Waals surface area contributed by atoms with E-state index in [9.17, 15) is 10.1 Å². The van der Waals surface area contributed by atoms with Crippen molar-refractivity contribution >= 4 is 40.9 Å². The second-order valence-corrected chi connectivity index (χ2v) is 6.01. The van der Waals surface area contributed by atoms with Crippen LogP contribution in [0.25, 0.3) is 6.08 Å². The largest absolute Gasteiger partial charge is 0.494 e.